The van der Waals surface area contributed by atoms with Crippen molar-refractivity contribution in [1.82, 2.24) is 9.88 Å². The van der Waals surface area contributed by atoms with Gasteiger partial charge in [-0.05, 0) is 43.7 Å². The van der Waals surface area contributed by atoms with E-state index in [4.69, 9.17) is 11.6 Å². The molecule has 0 atom stereocenters. The molecule has 0 bridgehead atoms. The maximum Gasteiger partial charge on any atom is 0.272 e. The molecule has 0 unspecified atom stereocenters. The van der Waals surface area contributed by atoms with E-state index in [0.29, 0.717) is 16.9 Å². The maximum atomic E-state index is 12.4. The van der Waals surface area contributed by atoms with Gasteiger partial charge in [-0.2, -0.15) is 0 Å². The van der Waals surface area contributed by atoms with E-state index < -0.39 is 0 Å². The van der Waals surface area contributed by atoms with E-state index in [1.54, 1.807) is 18.2 Å². The first kappa shape index (κ1) is 14.3. The zero-order valence-electron chi connectivity index (χ0n) is 11.6. The van der Waals surface area contributed by atoms with Crippen LogP contribution >= 0.6 is 11.6 Å². The third-order valence-corrected chi connectivity index (χ3v) is 4.41. The minimum absolute atomic E-state index is 0.0255. The minimum atomic E-state index is -0.0255. The second-order valence-corrected chi connectivity index (χ2v) is 5.73. The van der Waals surface area contributed by atoms with Crippen molar-refractivity contribution < 1.29 is 4.79 Å². The number of pyridine rings is 1. The van der Waals surface area contributed by atoms with Crippen LogP contribution in [0.1, 0.15) is 49.5 Å². The molecule has 0 radical (unpaired) electrons. The van der Waals surface area contributed by atoms with Crippen molar-refractivity contribution in [2.45, 2.75) is 45.1 Å². The first-order chi connectivity index (χ1) is 9.11. The third kappa shape index (κ3) is 3.47. The number of nitrogens with zero attached hydrogens (tertiary/aromatic N) is 2. The van der Waals surface area contributed by atoms with Gasteiger partial charge in [0, 0.05) is 13.1 Å². The SMILES string of the molecule is CCC1CCC(N(C)C(=O)c2cccc(Cl)n2)CC1. The monoisotopic (exact) mass is 280 g/mol. The Balaban J connectivity index is 2.00. The van der Waals surface area contributed by atoms with Gasteiger partial charge in [0.25, 0.3) is 5.91 Å². The second kappa shape index (κ2) is 6.38. The lowest BCUT2D eigenvalue weighted by Gasteiger charge is -2.34. The van der Waals surface area contributed by atoms with Gasteiger partial charge in [-0.1, -0.05) is 31.0 Å². The van der Waals surface area contributed by atoms with E-state index in [2.05, 4.69) is 11.9 Å². The predicted molar refractivity (Wildman–Crippen MR) is 77.4 cm³/mol. The van der Waals surface area contributed by atoms with Crippen molar-refractivity contribution >= 4 is 17.5 Å². The van der Waals surface area contributed by atoms with Gasteiger partial charge >= 0.3 is 0 Å². The zero-order valence-corrected chi connectivity index (χ0v) is 12.4. The fourth-order valence-electron chi connectivity index (χ4n) is 2.81. The predicted octanol–water partition coefficient (Wildman–Crippen LogP) is 3.78. The molecule has 3 nitrogen and oxygen atoms in total. The summed E-state index contributed by atoms with van der Waals surface area (Å²) >= 11 is 5.84. The lowest BCUT2D eigenvalue weighted by molar-refractivity contribution is 0.0669. The van der Waals surface area contributed by atoms with Crippen molar-refractivity contribution in [2.24, 2.45) is 5.92 Å². The molecule has 2 rings (SSSR count). The van der Waals surface area contributed by atoms with E-state index in [1.165, 1.54) is 19.3 Å². The van der Waals surface area contributed by atoms with Crippen molar-refractivity contribution in [3.8, 4) is 0 Å². The Hall–Kier alpha value is -1.09. The Bertz CT molecular complexity index is 442. The first-order valence-electron chi connectivity index (χ1n) is 7.01. The average molecular weight is 281 g/mol. The molecular weight excluding hydrogens is 260 g/mol. The van der Waals surface area contributed by atoms with Crippen LogP contribution in [0, 0.1) is 5.92 Å². The molecule has 19 heavy (non-hydrogen) atoms. The molecule has 1 fully saturated rings. The summed E-state index contributed by atoms with van der Waals surface area (Å²) in [6.45, 7) is 2.25. The quantitative estimate of drug-likeness (QED) is 0.790. The van der Waals surface area contributed by atoms with Gasteiger partial charge < -0.3 is 4.90 Å². The number of rotatable bonds is 3. The number of aromatic nitrogens is 1. The van der Waals surface area contributed by atoms with Gasteiger partial charge in [-0.15, -0.1) is 0 Å². The number of hydrogen-bond donors (Lipinski definition) is 0. The van der Waals surface area contributed by atoms with Gasteiger partial charge in [0.05, 0.1) is 0 Å². The number of hydrogen-bond acceptors (Lipinski definition) is 2. The molecule has 0 N–H and O–H groups in total. The Labute approximate surface area is 120 Å². The third-order valence-electron chi connectivity index (χ3n) is 4.20. The highest BCUT2D eigenvalue weighted by atomic mass is 35.5. The molecule has 0 aliphatic heterocycles. The van der Waals surface area contributed by atoms with E-state index in [0.717, 1.165) is 18.8 Å². The summed E-state index contributed by atoms with van der Waals surface area (Å²) in [6, 6.07) is 5.52. The molecule has 104 valence electrons. The van der Waals surface area contributed by atoms with Gasteiger partial charge in [-0.25, -0.2) is 4.98 Å². The summed E-state index contributed by atoms with van der Waals surface area (Å²) < 4.78 is 0. The average Bonchev–Trinajstić information content (AvgIpc) is 2.46. The summed E-state index contributed by atoms with van der Waals surface area (Å²) in [5.41, 5.74) is 0.438. The highest BCUT2D eigenvalue weighted by Gasteiger charge is 2.26. The molecule has 1 saturated carbocycles. The number of amides is 1. The highest BCUT2D eigenvalue weighted by molar-refractivity contribution is 6.29. The second-order valence-electron chi connectivity index (χ2n) is 5.34. The van der Waals surface area contributed by atoms with Crippen LogP contribution in [-0.2, 0) is 0 Å². The number of carbonyl (C=O) groups is 1. The fraction of sp³-hybridized carbons (Fsp3) is 0.600. The topological polar surface area (TPSA) is 33.2 Å². The molecule has 4 heteroatoms. The van der Waals surface area contributed by atoms with Gasteiger partial charge in [0.15, 0.2) is 0 Å². The van der Waals surface area contributed by atoms with Gasteiger partial charge in [-0.3, -0.25) is 4.79 Å². The maximum absolute atomic E-state index is 12.4. The molecular formula is C15H21ClN2O. The van der Waals surface area contributed by atoms with Gasteiger partial charge in [0.1, 0.15) is 10.8 Å². The summed E-state index contributed by atoms with van der Waals surface area (Å²) in [4.78, 5) is 18.3. The molecule has 0 saturated heterocycles. The van der Waals surface area contributed by atoms with E-state index in [-0.39, 0.29) is 5.91 Å². The van der Waals surface area contributed by atoms with Crippen LogP contribution in [0.5, 0.6) is 0 Å². The van der Waals surface area contributed by atoms with E-state index in [1.807, 2.05) is 11.9 Å². The van der Waals surface area contributed by atoms with Crippen LogP contribution < -0.4 is 0 Å². The lowest BCUT2D eigenvalue weighted by atomic mass is 9.84. The van der Waals surface area contributed by atoms with Crippen LogP contribution in [-0.4, -0.2) is 28.9 Å². The van der Waals surface area contributed by atoms with E-state index >= 15 is 0 Å². The normalized spacial score (nSPS) is 23.1. The smallest absolute Gasteiger partial charge is 0.272 e. The Morgan fingerprint density at radius 3 is 2.63 bits per heavy atom. The Kier molecular flexibility index (Phi) is 4.81. The first-order valence-corrected chi connectivity index (χ1v) is 7.39. The van der Waals surface area contributed by atoms with Crippen molar-refractivity contribution in [1.29, 1.82) is 0 Å². The van der Waals surface area contributed by atoms with Crippen LogP contribution in [0.15, 0.2) is 18.2 Å². The minimum Gasteiger partial charge on any atom is -0.337 e. The Morgan fingerprint density at radius 2 is 2.05 bits per heavy atom. The van der Waals surface area contributed by atoms with Crippen LogP contribution in [0.4, 0.5) is 0 Å². The van der Waals surface area contributed by atoms with Crippen LogP contribution in [0.3, 0.4) is 0 Å². The van der Waals surface area contributed by atoms with Crippen molar-refractivity contribution in [3.63, 3.8) is 0 Å². The number of carbonyl (C=O) groups excluding carboxylic acids is 1. The highest BCUT2D eigenvalue weighted by Crippen LogP contribution is 2.29. The largest absolute Gasteiger partial charge is 0.337 e. The molecule has 1 amide bonds. The zero-order chi connectivity index (χ0) is 13.8. The molecule has 0 aromatic carbocycles. The Morgan fingerprint density at radius 1 is 1.37 bits per heavy atom. The summed E-state index contributed by atoms with van der Waals surface area (Å²) in [5.74, 6) is 0.812. The van der Waals surface area contributed by atoms with Crippen LogP contribution in [0.2, 0.25) is 5.15 Å². The van der Waals surface area contributed by atoms with E-state index in [9.17, 15) is 4.79 Å². The lowest BCUT2D eigenvalue weighted by Crippen LogP contribution is -2.39. The van der Waals surface area contributed by atoms with Gasteiger partial charge in [0.2, 0.25) is 0 Å². The summed E-state index contributed by atoms with van der Waals surface area (Å²) in [6.07, 6.45) is 5.90. The molecule has 1 aromatic heterocycles. The van der Waals surface area contributed by atoms with Crippen LogP contribution in [0.25, 0.3) is 0 Å². The summed E-state index contributed by atoms with van der Waals surface area (Å²) in [7, 11) is 1.88. The molecule has 1 aliphatic rings. The molecule has 0 spiro atoms. The van der Waals surface area contributed by atoms with Crippen molar-refractivity contribution in [2.75, 3.05) is 7.05 Å². The van der Waals surface area contributed by atoms with Crippen molar-refractivity contribution in [3.05, 3.63) is 29.0 Å². The molecule has 1 heterocycles. The molecule has 1 aromatic rings. The standard InChI is InChI=1S/C15H21ClN2O/c1-3-11-7-9-12(10-8-11)18(2)15(19)13-5-4-6-14(16)17-13/h4-6,11-12H,3,7-10H2,1-2H3. The number of halogens is 1. The summed E-state index contributed by atoms with van der Waals surface area (Å²) in [5, 5.41) is 0.369. The molecule has 1 aliphatic carbocycles. The fourth-order valence-corrected chi connectivity index (χ4v) is 2.98.